The summed E-state index contributed by atoms with van der Waals surface area (Å²) in [6, 6.07) is 7.83. The van der Waals surface area contributed by atoms with Gasteiger partial charge in [-0.3, -0.25) is 4.79 Å². The van der Waals surface area contributed by atoms with Crippen molar-refractivity contribution in [1.82, 2.24) is 5.43 Å². The maximum atomic E-state index is 12.5. The Kier molecular flexibility index (Phi) is 6.62. The number of hydrazone groups is 1. The second-order valence-corrected chi connectivity index (χ2v) is 7.64. The van der Waals surface area contributed by atoms with Crippen LogP contribution in [-0.2, 0) is 4.79 Å². The third-order valence-electron chi connectivity index (χ3n) is 5.08. The molecule has 3 rings (SSSR count). The summed E-state index contributed by atoms with van der Waals surface area (Å²) >= 11 is 3.48. The number of allylic oxidation sites excluding steroid dienone is 4. The van der Waals surface area contributed by atoms with Crippen LogP contribution in [0.1, 0.15) is 44.1 Å². The fraction of sp³-hybridized carbons (Fsp3) is 0.429. The number of nitrogens with zero attached hydrogens (tertiary/aromatic N) is 1. The number of hydrogen-bond donors (Lipinski definition) is 1. The van der Waals surface area contributed by atoms with Gasteiger partial charge in [-0.1, -0.05) is 58.4 Å². The number of rotatable bonds is 3. The van der Waals surface area contributed by atoms with Gasteiger partial charge in [0.15, 0.2) is 0 Å². The van der Waals surface area contributed by atoms with Gasteiger partial charge >= 0.3 is 0 Å². The summed E-state index contributed by atoms with van der Waals surface area (Å²) in [4.78, 5) is 12.5. The van der Waals surface area contributed by atoms with Crippen LogP contribution >= 0.6 is 15.9 Å². The van der Waals surface area contributed by atoms with E-state index in [2.05, 4.69) is 50.8 Å². The van der Waals surface area contributed by atoms with E-state index in [0.717, 1.165) is 48.6 Å². The number of fused-ring (bicyclic) bond motifs is 1. The van der Waals surface area contributed by atoms with Crippen LogP contribution < -0.4 is 5.43 Å². The molecule has 4 heteroatoms. The van der Waals surface area contributed by atoms with E-state index in [-0.39, 0.29) is 11.8 Å². The Balaban J connectivity index is 1.55. The van der Waals surface area contributed by atoms with Gasteiger partial charge in [-0.2, -0.15) is 5.10 Å². The van der Waals surface area contributed by atoms with Crippen LogP contribution in [0.25, 0.3) is 0 Å². The van der Waals surface area contributed by atoms with Crippen LogP contribution in [0.2, 0.25) is 0 Å². The Hall–Kier alpha value is -1.68. The molecule has 0 unspecified atom stereocenters. The normalized spacial score (nSPS) is 29.1. The van der Waals surface area contributed by atoms with Crippen molar-refractivity contribution >= 4 is 28.1 Å². The van der Waals surface area contributed by atoms with Crippen LogP contribution in [0, 0.1) is 17.8 Å². The van der Waals surface area contributed by atoms with Gasteiger partial charge in [0, 0.05) is 16.0 Å². The second kappa shape index (κ2) is 9.14. The van der Waals surface area contributed by atoms with Crippen molar-refractivity contribution in [3.63, 3.8) is 0 Å². The number of amides is 1. The van der Waals surface area contributed by atoms with Crippen molar-refractivity contribution in [2.24, 2.45) is 22.9 Å². The molecule has 0 bridgehead atoms. The number of hydrogen-bond acceptors (Lipinski definition) is 2. The van der Waals surface area contributed by atoms with Gasteiger partial charge in [0.2, 0.25) is 5.91 Å². The minimum absolute atomic E-state index is 0.0705. The Morgan fingerprint density at radius 2 is 1.60 bits per heavy atom. The summed E-state index contributed by atoms with van der Waals surface area (Å²) in [5.41, 5.74) is 3.71. The van der Waals surface area contributed by atoms with Crippen LogP contribution in [0.5, 0.6) is 0 Å². The van der Waals surface area contributed by atoms with Crippen molar-refractivity contribution in [3.8, 4) is 0 Å². The van der Waals surface area contributed by atoms with Crippen LogP contribution in [0.15, 0.2) is 58.1 Å². The highest BCUT2D eigenvalue weighted by molar-refractivity contribution is 9.10. The van der Waals surface area contributed by atoms with Gasteiger partial charge in [0.1, 0.15) is 0 Å². The smallest absolute Gasteiger partial charge is 0.243 e. The lowest BCUT2D eigenvalue weighted by molar-refractivity contribution is -0.122. The minimum Gasteiger partial charge on any atom is -0.273 e. The summed E-state index contributed by atoms with van der Waals surface area (Å²) in [6.45, 7) is 0. The Bertz CT molecular complexity index is 656. The van der Waals surface area contributed by atoms with E-state index in [1.165, 1.54) is 0 Å². The first-order chi connectivity index (χ1) is 12.3. The topological polar surface area (TPSA) is 41.5 Å². The molecule has 0 saturated heterocycles. The van der Waals surface area contributed by atoms with Crippen LogP contribution in [-0.4, -0.2) is 12.1 Å². The average molecular weight is 401 g/mol. The highest BCUT2D eigenvalue weighted by atomic mass is 79.9. The quantitative estimate of drug-likeness (QED) is 0.421. The molecule has 1 aromatic carbocycles. The number of carbonyl (C=O) groups is 1. The van der Waals surface area contributed by atoms with Crippen molar-refractivity contribution in [3.05, 3.63) is 58.6 Å². The Labute approximate surface area is 158 Å². The van der Waals surface area contributed by atoms with Crippen molar-refractivity contribution in [2.75, 3.05) is 0 Å². The molecule has 1 aromatic rings. The van der Waals surface area contributed by atoms with Gasteiger partial charge in [0.25, 0.3) is 0 Å². The maximum Gasteiger partial charge on any atom is 0.243 e. The first-order valence-electron chi connectivity index (χ1n) is 9.15. The third kappa shape index (κ3) is 5.15. The van der Waals surface area contributed by atoms with Crippen molar-refractivity contribution < 1.29 is 4.79 Å². The lowest BCUT2D eigenvalue weighted by Gasteiger charge is -2.00. The third-order valence-corrected chi connectivity index (χ3v) is 5.81. The molecule has 1 amide bonds. The van der Waals surface area contributed by atoms with Gasteiger partial charge in [0.05, 0.1) is 6.21 Å². The van der Waals surface area contributed by atoms with Crippen molar-refractivity contribution in [2.45, 2.75) is 38.5 Å². The number of nitrogens with one attached hydrogen (secondary N) is 1. The highest BCUT2D eigenvalue weighted by Gasteiger charge is 2.52. The molecule has 2 aliphatic rings. The summed E-state index contributed by atoms with van der Waals surface area (Å²) in [7, 11) is 0. The minimum atomic E-state index is 0.0705. The largest absolute Gasteiger partial charge is 0.273 e. The van der Waals surface area contributed by atoms with E-state index in [1.54, 1.807) is 6.21 Å². The molecule has 2 aliphatic carbocycles. The van der Waals surface area contributed by atoms with Gasteiger partial charge in [-0.25, -0.2) is 5.43 Å². The van der Waals surface area contributed by atoms with Crippen LogP contribution in [0.4, 0.5) is 0 Å². The lowest BCUT2D eigenvalue weighted by atomic mass is 10.1. The number of halogens is 1. The van der Waals surface area contributed by atoms with E-state index >= 15 is 0 Å². The lowest BCUT2D eigenvalue weighted by Crippen LogP contribution is -2.21. The zero-order valence-corrected chi connectivity index (χ0v) is 16.0. The zero-order valence-electron chi connectivity index (χ0n) is 14.4. The molecular formula is C21H25BrN2O. The average Bonchev–Trinajstić information content (AvgIpc) is 3.29. The molecule has 1 fully saturated rings. The molecule has 2 atom stereocenters. The van der Waals surface area contributed by atoms with Gasteiger partial charge in [-0.15, -0.1) is 0 Å². The fourth-order valence-corrected chi connectivity index (χ4v) is 4.07. The van der Waals surface area contributed by atoms with E-state index in [4.69, 9.17) is 0 Å². The maximum absolute atomic E-state index is 12.5. The molecular weight excluding hydrogens is 376 g/mol. The molecule has 3 nitrogen and oxygen atoms in total. The van der Waals surface area contributed by atoms with E-state index in [1.807, 2.05) is 24.3 Å². The monoisotopic (exact) mass is 400 g/mol. The number of carbonyl (C=O) groups excluding carboxylic acids is 1. The molecule has 132 valence electrons. The summed E-state index contributed by atoms with van der Waals surface area (Å²) in [5, 5.41) is 4.15. The molecule has 1 N–H and O–H groups in total. The fourth-order valence-electron chi connectivity index (χ4n) is 3.68. The molecule has 0 spiro atoms. The summed E-state index contributed by atoms with van der Waals surface area (Å²) in [5.74, 6) is 1.22. The molecule has 0 aromatic heterocycles. The summed E-state index contributed by atoms with van der Waals surface area (Å²) in [6.07, 6.45) is 17.4. The summed E-state index contributed by atoms with van der Waals surface area (Å²) < 4.78 is 0.972. The van der Waals surface area contributed by atoms with Crippen molar-refractivity contribution in [1.29, 1.82) is 0 Å². The number of benzene rings is 1. The standard InChI is InChI=1S/C21H25BrN2O/c22-19-14-10-9-11-16(19)15-23-24-21(25)20-17-12-7-5-3-1-2-4-6-8-13-18(17)20/h3-6,9-11,14-15,17-18,20H,1-2,7-8,12-13H2,(H,24,25)/b5-3-,6-4-,23-15-/t17-,18-/m0/s1. The first-order valence-corrected chi connectivity index (χ1v) is 9.94. The molecule has 0 aliphatic heterocycles. The van der Waals surface area contributed by atoms with Gasteiger partial charge < -0.3 is 0 Å². The van der Waals surface area contributed by atoms with E-state index in [9.17, 15) is 4.79 Å². The van der Waals surface area contributed by atoms with E-state index < -0.39 is 0 Å². The van der Waals surface area contributed by atoms with Gasteiger partial charge in [-0.05, 0) is 56.4 Å². The zero-order chi connectivity index (χ0) is 17.5. The first kappa shape index (κ1) is 18.1. The highest BCUT2D eigenvalue weighted by Crippen LogP contribution is 2.52. The molecule has 1 saturated carbocycles. The predicted octanol–water partition coefficient (Wildman–Crippen LogP) is 5.23. The SMILES string of the molecule is O=C(N/N=C\c1ccccc1Br)C1[C@H]2CC/C=C\CC/C=C\CC[C@H]12. The van der Waals surface area contributed by atoms with E-state index in [0.29, 0.717) is 11.8 Å². The van der Waals surface area contributed by atoms with Crippen LogP contribution in [0.3, 0.4) is 0 Å². The Morgan fingerprint density at radius 1 is 1.00 bits per heavy atom. The molecule has 25 heavy (non-hydrogen) atoms. The second-order valence-electron chi connectivity index (χ2n) is 6.78. The predicted molar refractivity (Wildman–Crippen MR) is 106 cm³/mol. The molecule has 0 heterocycles. The molecule has 0 radical (unpaired) electrons. The Morgan fingerprint density at radius 3 is 2.24 bits per heavy atom.